The van der Waals surface area contributed by atoms with Crippen LogP contribution in [-0.4, -0.2) is 16.5 Å². The Balaban J connectivity index is 2.11. The molecule has 0 aliphatic heterocycles. The van der Waals surface area contributed by atoms with Gasteiger partial charge in [0.15, 0.2) is 0 Å². The highest BCUT2D eigenvalue weighted by Gasteiger charge is 2.00. The van der Waals surface area contributed by atoms with Gasteiger partial charge in [-0.3, -0.25) is 0 Å². The van der Waals surface area contributed by atoms with Crippen molar-refractivity contribution in [3.8, 4) is 0 Å². The topological polar surface area (TPSA) is 38.9 Å². The minimum absolute atomic E-state index is 0.250. The molecule has 1 aromatic carbocycles. The summed E-state index contributed by atoms with van der Waals surface area (Å²) in [4.78, 5) is 0. The summed E-state index contributed by atoms with van der Waals surface area (Å²) in [5.41, 5.74) is 0.880. The van der Waals surface area contributed by atoms with Gasteiger partial charge in [-0.05, 0) is 30.0 Å². The maximum Gasteiger partial charge on any atom is 0.276 e. The van der Waals surface area contributed by atoms with Crippen molar-refractivity contribution in [2.75, 3.05) is 6.26 Å². The van der Waals surface area contributed by atoms with E-state index in [0.717, 1.165) is 5.56 Å². The summed E-state index contributed by atoms with van der Waals surface area (Å²) < 4.78 is 17.9. The van der Waals surface area contributed by atoms with Gasteiger partial charge in [0.2, 0.25) is 5.89 Å². The number of halogens is 1. The molecule has 16 heavy (non-hydrogen) atoms. The van der Waals surface area contributed by atoms with E-state index in [0.29, 0.717) is 11.1 Å². The highest BCUT2D eigenvalue weighted by Crippen LogP contribution is 2.14. The maximum absolute atomic E-state index is 12.6. The van der Waals surface area contributed by atoms with E-state index in [1.54, 1.807) is 24.3 Å². The van der Waals surface area contributed by atoms with Gasteiger partial charge in [-0.1, -0.05) is 23.9 Å². The molecule has 0 aliphatic carbocycles. The van der Waals surface area contributed by atoms with Gasteiger partial charge in [0.1, 0.15) is 5.82 Å². The third-order valence-electron chi connectivity index (χ3n) is 1.89. The van der Waals surface area contributed by atoms with E-state index in [9.17, 15) is 4.39 Å². The van der Waals surface area contributed by atoms with Crippen LogP contribution in [-0.2, 0) is 0 Å². The molecule has 3 nitrogen and oxygen atoms in total. The van der Waals surface area contributed by atoms with Crippen molar-refractivity contribution in [1.29, 1.82) is 0 Å². The third-order valence-corrected chi connectivity index (χ3v) is 2.40. The molecule has 0 saturated carbocycles. The highest BCUT2D eigenvalue weighted by atomic mass is 32.2. The Morgan fingerprint density at radius 1 is 1.19 bits per heavy atom. The minimum Gasteiger partial charge on any atom is -0.412 e. The van der Waals surface area contributed by atoms with E-state index in [1.807, 2.05) is 6.26 Å². The standard InChI is InChI=1S/C11H9FN2OS/c1-16-11-14-13-10(15-11)7-4-8-2-5-9(12)6-3-8/h2-7H,1H3. The van der Waals surface area contributed by atoms with Crippen molar-refractivity contribution in [2.24, 2.45) is 0 Å². The molecule has 2 rings (SSSR count). The second kappa shape index (κ2) is 4.94. The van der Waals surface area contributed by atoms with Crippen LogP contribution in [0.4, 0.5) is 4.39 Å². The monoisotopic (exact) mass is 236 g/mol. The van der Waals surface area contributed by atoms with Gasteiger partial charge in [0, 0.05) is 6.08 Å². The quantitative estimate of drug-likeness (QED) is 0.767. The van der Waals surface area contributed by atoms with E-state index in [-0.39, 0.29) is 5.82 Å². The summed E-state index contributed by atoms with van der Waals surface area (Å²) in [5.74, 6) is 0.188. The molecule has 0 radical (unpaired) electrons. The first-order valence-corrected chi connectivity index (χ1v) is 5.81. The summed E-state index contributed by atoms with van der Waals surface area (Å²) in [6, 6.07) is 6.16. The summed E-state index contributed by atoms with van der Waals surface area (Å²) in [6.45, 7) is 0. The van der Waals surface area contributed by atoms with Crippen LogP contribution in [0, 0.1) is 5.82 Å². The first-order chi connectivity index (χ1) is 7.78. The number of benzene rings is 1. The van der Waals surface area contributed by atoms with Gasteiger partial charge in [-0.15, -0.1) is 10.2 Å². The largest absolute Gasteiger partial charge is 0.412 e. The zero-order valence-corrected chi connectivity index (χ0v) is 9.37. The number of hydrogen-bond acceptors (Lipinski definition) is 4. The lowest BCUT2D eigenvalue weighted by Crippen LogP contribution is -1.75. The molecule has 0 unspecified atom stereocenters. The van der Waals surface area contributed by atoms with E-state index in [2.05, 4.69) is 10.2 Å². The molecular weight excluding hydrogens is 227 g/mol. The molecule has 0 fully saturated rings. The Labute approximate surface area is 96.4 Å². The van der Waals surface area contributed by atoms with Crippen LogP contribution in [0.3, 0.4) is 0 Å². The zero-order valence-electron chi connectivity index (χ0n) is 8.55. The molecule has 1 aromatic heterocycles. The normalized spacial score (nSPS) is 11.1. The lowest BCUT2D eigenvalue weighted by Gasteiger charge is -1.91. The molecule has 0 saturated heterocycles. The van der Waals surface area contributed by atoms with Gasteiger partial charge in [0.25, 0.3) is 5.22 Å². The fraction of sp³-hybridized carbons (Fsp3) is 0.0909. The lowest BCUT2D eigenvalue weighted by atomic mass is 10.2. The number of nitrogens with zero attached hydrogens (tertiary/aromatic N) is 2. The van der Waals surface area contributed by atoms with E-state index < -0.39 is 0 Å². The Morgan fingerprint density at radius 3 is 2.56 bits per heavy atom. The highest BCUT2D eigenvalue weighted by molar-refractivity contribution is 7.98. The van der Waals surface area contributed by atoms with Gasteiger partial charge < -0.3 is 4.42 Å². The molecule has 5 heteroatoms. The van der Waals surface area contributed by atoms with Gasteiger partial charge in [-0.25, -0.2) is 4.39 Å². The van der Waals surface area contributed by atoms with Crippen molar-refractivity contribution in [3.05, 3.63) is 41.5 Å². The van der Waals surface area contributed by atoms with Crippen molar-refractivity contribution in [1.82, 2.24) is 10.2 Å². The molecule has 0 amide bonds. The van der Waals surface area contributed by atoms with Crippen molar-refractivity contribution in [3.63, 3.8) is 0 Å². The molecule has 2 aromatic rings. The first kappa shape index (κ1) is 10.9. The van der Waals surface area contributed by atoms with E-state index in [1.165, 1.54) is 23.9 Å². The third kappa shape index (κ3) is 2.70. The van der Waals surface area contributed by atoms with Crippen LogP contribution in [0.5, 0.6) is 0 Å². The zero-order chi connectivity index (χ0) is 11.4. The van der Waals surface area contributed by atoms with Gasteiger partial charge >= 0.3 is 0 Å². The van der Waals surface area contributed by atoms with Gasteiger partial charge in [-0.2, -0.15) is 0 Å². The molecule has 0 N–H and O–H groups in total. The maximum atomic E-state index is 12.6. The number of aromatic nitrogens is 2. The SMILES string of the molecule is CSc1nnc(C=Cc2ccc(F)cc2)o1. The molecule has 0 bridgehead atoms. The first-order valence-electron chi connectivity index (χ1n) is 4.59. The second-order valence-corrected chi connectivity index (χ2v) is 3.75. The second-order valence-electron chi connectivity index (χ2n) is 3.00. The molecule has 82 valence electrons. The number of hydrogen-bond donors (Lipinski definition) is 0. The molecule has 1 heterocycles. The molecule has 0 atom stereocenters. The number of rotatable bonds is 3. The number of thioether (sulfide) groups is 1. The van der Waals surface area contributed by atoms with Crippen molar-refractivity contribution < 1.29 is 8.81 Å². The van der Waals surface area contributed by atoms with Crippen LogP contribution < -0.4 is 0 Å². The molecular formula is C11H9FN2OS. The minimum atomic E-state index is -0.250. The van der Waals surface area contributed by atoms with Gasteiger partial charge in [0.05, 0.1) is 0 Å². The molecule has 0 aliphatic rings. The lowest BCUT2D eigenvalue weighted by molar-refractivity contribution is 0.447. The van der Waals surface area contributed by atoms with Crippen molar-refractivity contribution >= 4 is 23.9 Å². The summed E-state index contributed by atoms with van der Waals surface area (Å²) >= 11 is 1.39. The Bertz CT molecular complexity index is 493. The van der Waals surface area contributed by atoms with Crippen molar-refractivity contribution in [2.45, 2.75) is 5.22 Å². The van der Waals surface area contributed by atoms with Crippen LogP contribution in [0.25, 0.3) is 12.2 Å². The predicted molar refractivity (Wildman–Crippen MR) is 61.4 cm³/mol. The fourth-order valence-electron chi connectivity index (χ4n) is 1.11. The average molecular weight is 236 g/mol. The average Bonchev–Trinajstić information content (AvgIpc) is 2.76. The summed E-state index contributed by atoms with van der Waals surface area (Å²) in [7, 11) is 0. The Hall–Kier alpha value is -1.62. The van der Waals surface area contributed by atoms with Crippen LogP contribution in [0.2, 0.25) is 0 Å². The van der Waals surface area contributed by atoms with Crippen LogP contribution >= 0.6 is 11.8 Å². The predicted octanol–water partition coefficient (Wildman–Crippen LogP) is 3.10. The fourth-order valence-corrected chi connectivity index (χ4v) is 1.40. The van der Waals surface area contributed by atoms with E-state index in [4.69, 9.17) is 4.42 Å². The summed E-state index contributed by atoms with van der Waals surface area (Å²) in [6.07, 6.45) is 5.35. The Morgan fingerprint density at radius 2 is 1.94 bits per heavy atom. The molecule has 0 spiro atoms. The summed E-state index contributed by atoms with van der Waals surface area (Å²) in [5, 5.41) is 8.14. The van der Waals surface area contributed by atoms with Crippen LogP contribution in [0.15, 0.2) is 33.9 Å². The van der Waals surface area contributed by atoms with E-state index >= 15 is 0 Å². The van der Waals surface area contributed by atoms with Crippen LogP contribution in [0.1, 0.15) is 11.5 Å². The Kier molecular flexibility index (Phi) is 3.36. The smallest absolute Gasteiger partial charge is 0.276 e.